The molecule has 1 N–H and O–H groups in total. The zero-order valence-corrected chi connectivity index (χ0v) is 17.6. The summed E-state index contributed by atoms with van der Waals surface area (Å²) in [6.45, 7) is 4.40. The van der Waals surface area contributed by atoms with E-state index in [9.17, 15) is 4.79 Å². The van der Waals surface area contributed by atoms with E-state index in [1.165, 1.54) is 5.56 Å². The lowest BCUT2D eigenvalue weighted by atomic mass is 10.1. The highest BCUT2D eigenvalue weighted by molar-refractivity contribution is 5.90. The predicted molar refractivity (Wildman–Crippen MR) is 118 cm³/mol. The number of pyridine rings is 1. The Balaban J connectivity index is 1.80. The van der Waals surface area contributed by atoms with Crippen LogP contribution >= 0.6 is 0 Å². The second-order valence-electron chi connectivity index (χ2n) is 7.63. The molecular formula is C24H22N5O2+. The molecule has 0 amide bonds. The largest absolute Gasteiger partial charge is 0.497 e. The Morgan fingerprint density at radius 1 is 1.06 bits per heavy atom. The third-order valence-corrected chi connectivity index (χ3v) is 5.38. The van der Waals surface area contributed by atoms with E-state index in [1.54, 1.807) is 22.4 Å². The topological polar surface area (TPSA) is 76.9 Å². The number of hydrogen-bond donors (Lipinski definition) is 1. The molecule has 0 bridgehead atoms. The van der Waals surface area contributed by atoms with Crippen LogP contribution in [0.4, 0.5) is 0 Å². The highest BCUT2D eigenvalue weighted by atomic mass is 16.5. The van der Waals surface area contributed by atoms with E-state index in [2.05, 4.69) is 27.2 Å². The summed E-state index contributed by atoms with van der Waals surface area (Å²) in [7, 11) is 1.63. The quantitative estimate of drug-likeness (QED) is 0.460. The van der Waals surface area contributed by atoms with E-state index < -0.39 is 0 Å². The SMILES string of the molecule is COc1cccc(-c2c3c(=O)n(Cc4ccc(C)cc4)ccc3nc3nc(C)[nH][n+]23)c1. The first-order valence-electron chi connectivity index (χ1n) is 10.0. The fourth-order valence-corrected chi connectivity index (χ4v) is 3.83. The molecular weight excluding hydrogens is 390 g/mol. The van der Waals surface area contributed by atoms with Gasteiger partial charge in [0.25, 0.3) is 5.56 Å². The van der Waals surface area contributed by atoms with Crippen LogP contribution in [0, 0.1) is 13.8 Å². The van der Waals surface area contributed by atoms with Crippen LogP contribution in [0.1, 0.15) is 17.0 Å². The molecule has 0 unspecified atom stereocenters. The van der Waals surface area contributed by atoms with Crippen molar-refractivity contribution in [3.05, 3.63) is 88.1 Å². The number of nitrogens with one attached hydrogen (secondary N) is 1. The molecule has 0 saturated carbocycles. The molecule has 0 fully saturated rings. The number of ether oxygens (including phenoxy) is 1. The van der Waals surface area contributed by atoms with Gasteiger partial charge in [-0.25, -0.2) is 5.10 Å². The predicted octanol–water partition coefficient (Wildman–Crippen LogP) is 3.20. The molecule has 0 aliphatic heterocycles. The number of benzene rings is 2. The molecule has 7 nitrogen and oxygen atoms in total. The van der Waals surface area contributed by atoms with Gasteiger partial charge >= 0.3 is 5.78 Å². The van der Waals surface area contributed by atoms with E-state index in [1.807, 2.05) is 56.3 Å². The molecule has 5 rings (SSSR count). The van der Waals surface area contributed by atoms with E-state index in [-0.39, 0.29) is 5.56 Å². The van der Waals surface area contributed by atoms with E-state index in [0.29, 0.717) is 40.5 Å². The number of methoxy groups -OCH3 is 1. The van der Waals surface area contributed by atoms with Gasteiger partial charge in [-0.15, -0.1) is 4.52 Å². The third kappa shape index (κ3) is 3.34. The van der Waals surface area contributed by atoms with Crippen molar-refractivity contribution in [2.24, 2.45) is 0 Å². The van der Waals surface area contributed by atoms with Crippen LogP contribution in [0.25, 0.3) is 27.9 Å². The summed E-state index contributed by atoms with van der Waals surface area (Å²) in [5, 5.41) is 3.74. The van der Waals surface area contributed by atoms with Crippen LogP contribution in [0.3, 0.4) is 0 Å². The average Bonchev–Trinajstić information content (AvgIpc) is 3.15. The average molecular weight is 412 g/mol. The molecule has 0 aliphatic rings. The van der Waals surface area contributed by atoms with Gasteiger partial charge in [-0.2, -0.15) is 0 Å². The Morgan fingerprint density at radius 2 is 1.87 bits per heavy atom. The van der Waals surface area contributed by atoms with Gasteiger partial charge in [0.2, 0.25) is 5.82 Å². The number of aromatic amines is 1. The molecule has 5 aromatic rings. The zero-order chi connectivity index (χ0) is 21.5. The summed E-state index contributed by atoms with van der Waals surface area (Å²) < 4.78 is 8.90. The van der Waals surface area contributed by atoms with Gasteiger partial charge in [0.05, 0.1) is 13.7 Å². The second-order valence-corrected chi connectivity index (χ2v) is 7.63. The lowest BCUT2D eigenvalue weighted by molar-refractivity contribution is -0.567. The Bertz CT molecular complexity index is 1480. The molecule has 7 heteroatoms. The normalized spacial score (nSPS) is 11.3. The number of hydrogen-bond acceptors (Lipinski definition) is 4. The Hall–Kier alpha value is -4.00. The Morgan fingerprint density at radius 3 is 2.65 bits per heavy atom. The number of fused-ring (bicyclic) bond motifs is 2. The van der Waals surface area contributed by atoms with E-state index >= 15 is 0 Å². The second kappa shape index (κ2) is 7.36. The first-order chi connectivity index (χ1) is 15.0. The molecule has 154 valence electrons. The number of H-pyrrole nitrogens is 1. The highest BCUT2D eigenvalue weighted by Gasteiger charge is 2.24. The van der Waals surface area contributed by atoms with Crippen LogP contribution < -0.4 is 14.8 Å². The number of aryl methyl sites for hydroxylation is 2. The first-order valence-corrected chi connectivity index (χ1v) is 10.0. The van der Waals surface area contributed by atoms with Crippen molar-refractivity contribution in [3.8, 4) is 17.0 Å². The smallest absolute Gasteiger partial charge is 0.458 e. The Labute approximate surface area is 178 Å². The number of nitrogens with zero attached hydrogens (tertiary/aromatic N) is 4. The molecule has 31 heavy (non-hydrogen) atoms. The highest BCUT2D eigenvalue weighted by Crippen LogP contribution is 2.26. The standard InChI is InChI=1S/C24H21N5O2/c1-15-7-9-17(10-8-15)14-28-12-11-20-21(23(28)30)22(18-5-4-6-19(13-18)31-3)29-24(26-20)25-16(2)27-29/h4-13H,14H2,1-3H3/p+1. The van der Waals surface area contributed by atoms with Crippen LogP contribution in [0.5, 0.6) is 5.75 Å². The van der Waals surface area contributed by atoms with Crippen molar-refractivity contribution in [2.45, 2.75) is 20.4 Å². The van der Waals surface area contributed by atoms with Gasteiger partial charge in [0, 0.05) is 18.7 Å². The monoisotopic (exact) mass is 412 g/mol. The lowest BCUT2D eigenvalue weighted by Crippen LogP contribution is -2.32. The maximum absolute atomic E-state index is 13.6. The van der Waals surface area contributed by atoms with Crippen molar-refractivity contribution in [1.82, 2.24) is 19.6 Å². The van der Waals surface area contributed by atoms with Crippen LogP contribution in [-0.2, 0) is 6.54 Å². The maximum Gasteiger partial charge on any atom is 0.458 e. The van der Waals surface area contributed by atoms with Crippen molar-refractivity contribution < 1.29 is 9.25 Å². The van der Waals surface area contributed by atoms with Crippen molar-refractivity contribution in [3.63, 3.8) is 0 Å². The third-order valence-electron chi connectivity index (χ3n) is 5.38. The van der Waals surface area contributed by atoms with Crippen molar-refractivity contribution in [2.75, 3.05) is 7.11 Å². The fraction of sp³-hybridized carbons (Fsp3) is 0.167. The Kier molecular flexibility index (Phi) is 4.51. The summed E-state index contributed by atoms with van der Waals surface area (Å²) >= 11 is 0. The van der Waals surface area contributed by atoms with E-state index in [0.717, 1.165) is 11.1 Å². The first kappa shape index (κ1) is 19.0. The van der Waals surface area contributed by atoms with Crippen molar-refractivity contribution in [1.29, 1.82) is 0 Å². The minimum atomic E-state index is -0.106. The summed E-state index contributed by atoms with van der Waals surface area (Å²) in [6.07, 6.45) is 1.79. The molecule has 0 radical (unpaired) electrons. The molecule has 0 saturated heterocycles. The molecule has 0 spiro atoms. The molecule has 0 aliphatic carbocycles. The summed E-state index contributed by atoms with van der Waals surface area (Å²) in [5.41, 5.74) is 4.31. The van der Waals surface area contributed by atoms with Gasteiger partial charge in [0.15, 0.2) is 11.2 Å². The van der Waals surface area contributed by atoms with Gasteiger partial charge in [-0.05, 0) is 30.7 Å². The number of rotatable bonds is 4. The van der Waals surface area contributed by atoms with Crippen LogP contribution in [0.2, 0.25) is 0 Å². The zero-order valence-electron chi connectivity index (χ0n) is 17.6. The number of aromatic nitrogens is 5. The summed E-state index contributed by atoms with van der Waals surface area (Å²) in [6, 6.07) is 17.7. The lowest BCUT2D eigenvalue weighted by Gasteiger charge is -2.10. The van der Waals surface area contributed by atoms with Crippen LogP contribution in [0.15, 0.2) is 65.6 Å². The van der Waals surface area contributed by atoms with Gasteiger partial charge in [0.1, 0.15) is 11.1 Å². The van der Waals surface area contributed by atoms with E-state index in [4.69, 9.17) is 4.74 Å². The fourth-order valence-electron chi connectivity index (χ4n) is 3.83. The van der Waals surface area contributed by atoms with Gasteiger partial charge < -0.3 is 9.30 Å². The molecule has 3 heterocycles. The molecule has 0 atom stereocenters. The van der Waals surface area contributed by atoms with Gasteiger partial charge in [-0.3, -0.25) is 4.79 Å². The van der Waals surface area contributed by atoms with Crippen LogP contribution in [-0.4, -0.2) is 26.7 Å². The molecule has 3 aromatic heterocycles. The minimum Gasteiger partial charge on any atom is -0.497 e. The summed E-state index contributed by atoms with van der Waals surface area (Å²) in [4.78, 5) is 22.7. The summed E-state index contributed by atoms with van der Waals surface area (Å²) in [5.74, 6) is 1.94. The minimum absolute atomic E-state index is 0.106. The maximum atomic E-state index is 13.6. The van der Waals surface area contributed by atoms with Crippen molar-refractivity contribution >= 4 is 16.7 Å². The molecule has 2 aromatic carbocycles. The van der Waals surface area contributed by atoms with Gasteiger partial charge in [-0.1, -0.05) is 51.9 Å².